The first-order chi connectivity index (χ1) is 18.6. The van der Waals surface area contributed by atoms with Crippen LogP contribution in [0.5, 0.6) is 5.75 Å². The second-order valence-electron chi connectivity index (χ2n) is 9.44. The molecule has 2 aliphatic heterocycles. The third kappa shape index (κ3) is 5.31. The molecule has 0 aliphatic carbocycles. The molecule has 1 fully saturated rings. The van der Waals surface area contributed by atoms with Gasteiger partial charge >= 0.3 is 6.18 Å². The SMILES string of the molecule is CC(=O)N1CCN(C(=O)c2cccc(OC[C@@H]3c4ccccc4CN3c3cn[nH]c(=O)c3C(F)(F)F)c2)CC1. The number of amides is 2. The number of carbonyl (C=O) groups excluding carboxylic acids is 2. The van der Waals surface area contributed by atoms with Crippen LogP contribution in [0, 0.1) is 0 Å². The predicted molar refractivity (Wildman–Crippen MR) is 135 cm³/mol. The minimum atomic E-state index is -4.88. The van der Waals surface area contributed by atoms with Gasteiger partial charge in [-0.05, 0) is 29.3 Å². The maximum atomic E-state index is 13.8. The standard InChI is InChI=1S/C27H26F3N5O4/c1-17(36)33-9-11-34(12-10-33)26(38)18-6-4-7-20(13-18)39-16-23-21-8-3-2-5-19(21)15-35(23)22-14-31-32-25(37)24(22)27(28,29)30/h2-8,13-14,23H,9-12,15-16H2,1H3,(H,32,37)/t23-/m1/s1. The number of fused-ring (bicyclic) bond motifs is 1. The van der Waals surface area contributed by atoms with Gasteiger partial charge < -0.3 is 19.4 Å². The van der Waals surface area contributed by atoms with E-state index in [-0.39, 0.29) is 30.7 Å². The Morgan fingerprint density at radius 2 is 1.77 bits per heavy atom. The molecule has 3 heterocycles. The zero-order chi connectivity index (χ0) is 27.7. The number of H-pyrrole nitrogens is 1. The van der Waals surface area contributed by atoms with E-state index in [0.717, 1.165) is 17.3 Å². The second-order valence-corrected chi connectivity index (χ2v) is 9.44. The van der Waals surface area contributed by atoms with E-state index < -0.39 is 23.3 Å². The fraction of sp³-hybridized carbons (Fsp3) is 0.333. The van der Waals surface area contributed by atoms with Crippen LogP contribution in [-0.4, -0.2) is 64.6 Å². The van der Waals surface area contributed by atoms with Gasteiger partial charge in [-0.2, -0.15) is 18.3 Å². The van der Waals surface area contributed by atoms with Crippen LogP contribution < -0.4 is 15.2 Å². The number of aromatic amines is 1. The lowest BCUT2D eigenvalue weighted by atomic mass is 10.1. The molecule has 1 N–H and O–H groups in total. The van der Waals surface area contributed by atoms with Gasteiger partial charge in [-0.1, -0.05) is 30.3 Å². The molecule has 2 aromatic carbocycles. The number of piperazine rings is 1. The van der Waals surface area contributed by atoms with Gasteiger partial charge in [0, 0.05) is 45.2 Å². The Kier molecular flexibility index (Phi) is 7.02. The van der Waals surface area contributed by atoms with Gasteiger partial charge in [0.05, 0.1) is 17.9 Å². The normalized spacial score (nSPS) is 17.2. The lowest BCUT2D eigenvalue weighted by Crippen LogP contribution is -2.50. The van der Waals surface area contributed by atoms with Crippen molar-refractivity contribution in [1.82, 2.24) is 20.0 Å². The van der Waals surface area contributed by atoms with E-state index in [1.807, 2.05) is 17.2 Å². The third-order valence-corrected chi connectivity index (χ3v) is 7.06. The Balaban J connectivity index is 1.37. The van der Waals surface area contributed by atoms with Gasteiger partial charge in [0.25, 0.3) is 11.5 Å². The van der Waals surface area contributed by atoms with Crippen molar-refractivity contribution < 1.29 is 27.5 Å². The van der Waals surface area contributed by atoms with E-state index in [2.05, 4.69) is 5.10 Å². The average Bonchev–Trinajstić information content (AvgIpc) is 3.29. The van der Waals surface area contributed by atoms with Crippen LogP contribution in [0.2, 0.25) is 0 Å². The molecule has 12 heteroatoms. The molecular weight excluding hydrogens is 515 g/mol. The summed E-state index contributed by atoms with van der Waals surface area (Å²) in [6.45, 7) is 3.38. The molecule has 3 aromatic rings. The first-order valence-corrected chi connectivity index (χ1v) is 12.4. The maximum Gasteiger partial charge on any atom is 0.423 e. The molecule has 0 bridgehead atoms. The molecule has 0 radical (unpaired) electrons. The molecule has 1 atom stereocenters. The quantitative estimate of drug-likeness (QED) is 0.533. The van der Waals surface area contributed by atoms with Crippen LogP contribution in [0.4, 0.5) is 18.9 Å². The lowest BCUT2D eigenvalue weighted by molar-refractivity contribution is -0.138. The molecule has 9 nitrogen and oxygen atoms in total. The number of nitrogens with zero attached hydrogens (tertiary/aromatic N) is 4. The van der Waals surface area contributed by atoms with Crippen LogP contribution in [0.3, 0.4) is 0 Å². The highest BCUT2D eigenvalue weighted by molar-refractivity contribution is 5.94. The Hall–Kier alpha value is -4.35. The topological polar surface area (TPSA) is 98.8 Å². The van der Waals surface area contributed by atoms with Gasteiger partial charge in [0.1, 0.15) is 17.9 Å². The number of halogens is 3. The molecule has 5 rings (SSSR count). The largest absolute Gasteiger partial charge is 0.491 e. The monoisotopic (exact) mass is 541 g/mol. The van der Waals surface area contributed by atoms with Crippen molar-refractivity contribution in [2.75, 3.05) is 37.7 Å². The molecule has 0 unspecified atom stereocenters. The van der Waals surface area contributed by atoms with Crippen molar-refractivity contribution in [3.05, 3.63) is 87.3 Å². The van der Waals surface area contributed by atoms with E-state index in [4.69, 9.17) is 4.74 Å². The molecule has 0 saturated carbocycles. The summed E-state index contributed by atoms with van der Waals surface area (Å²) in [7, 11) is 0. The number of benzene rings is 2. The van der Waals surface area contributed by atoms with E-state index in [1.165, 1.54) is 11.8 Å². The Morgan fingerprint density at radius 1 is 1.05 bits per heavy atom. The van der Waals surface area contributed by atoms with Crippen LogP contribution in [0.25, 0.3) is 0 Å². The van der Waals surface area contributed by atoms with Crippen molar-refractivity contribution in [3.63, 3.8) is 0 Å². The molecule has 1 saturated heterocycles. The van der Waals surface area contributed by atoms with E-state index in [9.17, 15) is 27.6 Å². The third-order valence-electron chi connectivity index (χ3n) is 7.06. The number of alkyl halides is 3. The highest BCUT2D eigenvalue weighted by atomic mass is 19.4. The number of nitrogens with one attached hydrogen (secondary N) is 1. The first-order valence-electron chi connectivity index (χ1n) is 12.4. The van der Waals surface area contributed by atoms with Crippen molar-refractivity contribution in [2.45, 2.75) is 25.7 Å². The minimum Gasteiger partial charge on any atom is -0.491 e. The minimum absolute atomic E-state index is 0.0294. The summed E-state index contributed by atoms with van der Waals surface area (Å²) < 4.78 is 47.6. The molecule has 1 aromatic heterocycles. The van der Waals surface area contributed by atoms with Gasteiger partial charge in [-0.3, -0.25) is 14.4 Å². The Labute approximate surface area is 221 Å². The Morgan fingerprint density at radius 3 is 2.49 bits per heavy atom. The molecule has 0 spiro atoms. The molecule has 204 valence electrons. The number of carbonyl (C=O) groups is 2. The summed E-state index contributed by atoms with van der Waals surface area (Å²) in [5.41, 5.74) is -0.955. The zero-order valence-electron chi connectivity index (χ0n) is 21.1. The van der Waals surface area contributed by atoms with Crippen LogP contribution in [0.15, 0.2) is 59.5 Å². The highest BCUT2D eigenvalue weighted by Gasteiger charge is 2.42. The fourth-order valence-electron chi connectivity index (χ4n) is 5.08. The van der Waals surface area contributed by atoms with Crippen LogP contribution in [-0.2, 0) is 17.5 Å². The zero-order valence-corrected chi connectivity index (χ0v) is 21.1. The number of rotatable bonds is 5. The summed E-state index contributed by atoms with van der Waals surface area (Å²) in [4.78, 5) is 41.6. The van der Waals surface area contributed by atoms with Crippen molar-refractivity contribution in [2.24, 2.45) is 0 Å². The number of hydrogen-bond acceptors (Lipinski definition) is 6. The summed E-state index contributed by atoms with van der Waals surface area (Å²) in [5, 5.41) is 5.50. The number of anilines is 1. The summed E-state index contributed by atoms with van der Waals surface area (Å²) in [6.07, 6.45) is -3.87. The van der Waals surface area contributed by atoms with Crippen molar-refractivity contribution in [1.29, 1.82) is 0 Å². The van der Waals surface area contributed by atoms with Crippen LogP contribution in [0.1, 0.15) is 40.0 Å². The number of ether oxygens (including phenoxy) is 1. The van der Waals surface area contributed by atoms with Gasteiger partial charge in [0.2, 0.25) is 5.91 Å². The summed E-state index contributed by atoms with van der Waals surface area (Å²) in [5.74, 6) is 0.159. The van der Waals surface area contributed by atoms with Gasteiger partial charge in [-0.15, -0.1) is 0 Å². The fourth-order valence-corrected chi connectivity index (χ4v) is 5.08. The smallest absolute Gasteiger partial charge is 0.423 e. The summed E-state index contributed by atoms with van der Waals surface area (Å²) in [6, 6.07) is 13.2. The van der Waals surface area contributed by atoms with Crippen molar-refractivity contribution >= 4 is 17.5 Å². The Bertz CT molecular complexity index is 1450. The lowest BCUT2D eigenvalue weighted by Gasteiger charge is -2.34. The predicted octanol–water partition coefficient (Wildman–Crippen LogP) is 3.23. The molecule has 39 heavy (non-hydrogen) atoms. The maximum absolute atomic E-state index is 13.8. The molecular formula is C27H26F3N5O4. The molecule has 2 aliphatic rings. The van der Waals surface area contributed by atoms with Crippen LogP contribution >= 0.6 is 0 Å². The van der Waals surface area contributed by atoms with E-state index >= 15 is 0 Å². The second kappa shape index (κ2) is 10.4. The average molecular weight is 542 g/mol. The van der Waals surface area contributed by atoms with Gasteiger partial charge in [-0.25, -0.2) is 5.10 Å². The number of aromatic nitrogens is 2. The van der Waals surface area contributed by atoms with Crippen molar-refractivity contribution in [3.8, 4) is 5.75 Å². The first kappa shape index (κ1) is 26.3. The van der Waals surface area contributed by atoms with E-state index in [1.54, 1.807) is 46.2 Å². The van der Waals surface area contributed by atoms with Gasteiger partial charge in [0.15, 0.2) is 0 Å². The van der Waals surface area contributed by atoms with E-state index in [0.29, 0.717) is 37.5 Å². The molecule has 2 amide bonds. The highest BCUT2D eigenvalue weighted by Crippen LogP contribution is 2.42. The summed E-state index contributed by atoms with van der Waals surface area (Å²) >= 11 is 0. The number of hydrogen-bond donors (Lipinski definition) is 1.